The van der Waals surface area contributed by atoms with Crippen LogP contribution in [0.3, 0.4) is 0 Å². The van der Waals surface area contributed by atoms with Crippen molar-refractivity contribution in [2.75, 3.05) is 18.0 Å². The van der Waals surface area contributed by atoms with Gasteiger partial charge in [0, 0.05) is 35.8 Å². The van der Waals surface area contributed by atoms with Gasteiger partial charge in [-0.3, -0.25) is 4.79 Å². The summed E-state index contributed by atoms with van der Waals surface area (Å²) in [6, 6.07) is 14.9. The summed E-state index contributed by atoms with van der Waals surface area (Å²) in [5.41, 5.74) is 3.29. The first kappa shape index (κ1) is 17.7. The molecule has 0 aliphatic rings. The van der Waals surface area contributed by atoms with Gasteiger partial charge in [0.05, 0.1) is 5.56 Å². The fourth-order valence-corrected chi connectivity index (χ4v) is 2.89. The van der Waals surface area contributed by atoms with Crippen molar-refractivity contribution in [2.45, 2.75) is 13.8 Å². The average molecular weight is 347 g/mol. The molecule has 1 heterocycles. The van der Waals surface area contributed by atoms with E-state index in [0.717, 1.165) is 36.0 Å². The van der Waals surface area contributed by atoms with Gasteiger partial charge in [-0.15, -0.1) is 0 Å². The molecular weight excluding hydrogens is 326 g/mol. The number of carbonyl (C=O) groups is 1. The molecule has 2 aromatic carbocycles. The Hall–Kier alpha value is -3.14. The Kier molecular flexibility index (Phi) is 5.32. The predicted molar refractivity (Wildman–Crippen MR) is 107 cm³/mol. The molecule has 0 saturated carbocycles. The monoisotopic (exact) mass is 347 g/mol. The van der Waals surface area contributed by atoms with E-state index in [-0.39, 0.29) is 5.63 Å². The van der Waals surface area contributed by atoms with Gasteiger partial charge in [-0.05, 0) is 43.7 Å². The molecule has 3 rings (SSSR count). The van der Waals surface area contributed by atoms with Gasteiger partial charge in [0.15, 0.2) is 0 Å². The molecule has 0 fully saturated rings. The second-order valence-electron chi connectivity index (χ2n) is 6.00. The van der Waals surface area contributed by atoms with E-state index in [1.165, 1.54) is 0 Å². The van der Waals surface area contributed by atoms with E-state index < -0.39 is 0 Å². The minimum atomic E-state index is -0.366. The Morgan fingerprint density at radius 3 is 2.27 bits per heavy atom. The predicted octanol–water partition coefficient (Wildman–Crippen LogP) is 4.62. The molecular formula is C22H21NO3. The first-order valence-electron chi connectivity index (χ1n) is 8.70. The van der Waals surface area contributed by atoms with Gasteiger partial charge in [0.25, 0.3) is 0 Å². The zero-order valence-corrected chi connectivity index (χ0v) is 14.9. The summed E-state index contributed by atoms with van der Waals surface area (Å²) in [6.07, 6.45) is 4.37. The molecule has 132 valence electrons. The van der Waals surface area contributed by atoms with Crippen molar-refractivity contribution < 1.29 is 9.21 Å². The fraction of sp³-hybridized carbons (Fsp3) is 0.182. The highest BCUT2D eigenvalue weighted by atomic mass is 16.4. The molecule has 0 aliphatic carbocycles. The SMILES string of the molecule is CCN(CC)c1ccc2cc(/C=C/c3ccc(C=O)cc3)c(=O)oc2c1. The second-order valence-corrected chi connectivity index (χ2v) is 6.00. The van der Waals surface area contributed by atoms with E-state index >= 15 is 0 Å². The van der Waals surface area contributed by atoms with Crippen molar-refractivity contribution in [1.29, 1.82) is 0 Å². The number of rotatable bonds is 6. The summed E-state index contributed by atoms with van der Waals surface area (Å²) in [6.45, 7) is 5.99. The van der Waals surface area contributed by atoms with Crippen LogP contribution < -0.4 is 10.5 Å². The van der Waals surface area contributed by atoms with E-state index in [0.29, 0.717) is 16.7 Å². The van der Waals surface area contributed by atoms with Gasteiger partial charge in [-0.2, -0.15) is 0 Å². The van der Waals surface area contributed by atoms with Gasteiger partial charge in [0.1, 0.15) is 11.9 Å². The topological polar surface area (TPSA) is 50.5 Å². The minimum Gasteiger partial charge on any atom is -0.422 e. The normalized spacial score (nSPS) is 11.2. The Morgan fingerprint density at radius 1 is 0.923 bits per heavy atom. The summed E-state index contributed by atoms with van der Waals surface area (Å²) < 4.78 is 5.52. The van der Waals surface area contributed by atoms with Crippen LogP contribution in [0.25, 0.3) is 23.1 Å². The third kappa shape index (κ3) is 3.75. The fourth-order valence-electron chi connectivity index (χ4n) is 2.89. The van der Waals surface area contributed by atoms with Gasteiger partial charge < -0.3 is 9.32 Å². The van der Waals surface area contributed by atoms with Crippen LogP contribution in [0.5, 0.6) is 0 Å². The minimum absolute atomic E-state index is 0.366. The van der Waals surface area contributed by atoms with Crippen molar-refractivity contribution in [2.24, 2.45) is 0 Å². The molecule has 0 bridgehead atoms. The Bertz CT molecular complexity index is 996. The molecule has 0 aliphatic heterocycles. The van der Waals surface area contributed by atoms with Gasteiger partial charge in [-0.25, -0.2) is 4.79 Å². The van der Waals surface area contributed by atoms with Gasteiger partial charge >= 0.3 is 5.63 Å². The Labute approximate surface area is 152 Å². The van der Waals surface area contributed by atoms with Crippen molar-refractivity contribution in [1.82, 2.24) is 0 Å². The number of anilines is 1. The highest BCUT2D eigenvalue weighted by molar-refractivity contribution is 5.84. The van der Waals surface area contributed by atoms with Crippen LogP contribution >= 0.6 is 0 Å². The first-order valence-corrected chi connectivity index (χ1v) is 8.70. The lowest BCUT2D eigenvalue weighted by Gasteiger charge is -2.20. The third-order valence-electron chi connectivity index (χ3n) is 4.40. The number of benzene rings is 2. The summed E-state index contributed by atoms with van der Waals surface area (Å²) in [4.78, 5) is 25.2. The summed E-state index contributed by atoms with van der Waals surface area (Å²) >= 11 is 0. The van der Waals surface area contributed by atoms with Crippen LogP contribution in [0.4, 0.5) is 5.69 Å². The smallest absolute Gasteiger partial charge is 0.343 e. The van der Waals surface area contributed by atoms with Crippen molar-refractivity contribution in [3.63, 3.8) is 0 Å². The maximum absolute atomic E-state index is 12.3. The van der Waals surface area contributed by atoms with E-state index in [2.05, 4.69) is 18.7 Å². The lowest BCUT2D eigenvalue weighted by Crippen LogP contribution is -2.21. The Morgan fingerprint density at radius 2 is 1.62 bits per heavy atom. The molecule has 0 radical (unpaired) electrons. The zero-order valence-electron chi connectivity index (χ0n) is 14.9. The average Bonchev–Trinajstić information content (AvgIpc) is 2.67. The molecule has 0 spiro atoms. The number of carbonyl (C=O) groups excluding carboxylic acids is 1. The van der Waals surface area contributed by atoms with Crippen molar-refractivity contribution >= 4 is 35.1 Å². The van der Waals surface area contributed by atoms with E-state index in [4.69, 9.17) is 4.42 Å². The first-order chi connectivity index (χ1) is 12.6. The standard InChI is InChI=1S/C22H21NO3/c1-3-23(4-2)20-12-11-18-13-19(22(25)26-21(18)14-20)10-9-16-5-7-17(15-24)8-6-16/h5-15H,3-4H2,1-2H3/b10-9+. The molecule has 4 heteroatoms. The molecule has 0 saturated heterocycles. The van der Waals surface area contributed by atoms with Crippen LogP contribution in [0.2, 0.25) is 0 Å². The summed E-state index contributed by atoms with van der Waals surface area (Å²) in [7, 11) is 0. The van der Waals surface area contributed by atoms with Gasteiger partial charge in [0.2, 0.25) is 0 Å². The van der Waals surface area contributed by atoms with E-state index in [9.17, 15) is 9.59 Å². The van der Waals surface area contributed by atoms with Crippen LogP contribution in [0, 0.1) is 0 Å². The van der Waals surface area contributed by atoms with Crippen LogP contribution in [-0.4, -0.2) is 19.4 Å². The number of fused-ring (bicyclic) bond motifs is 1. The molecule has 0 atom stereocenters. The highest BCUT2D eigenvalue weighted by Crippen LogP contribution is 2.22. The lowest BCUT2D eigenvalue weighted by molar-refractivity contribution is 0.112. The molecule has 0 N–H and O–H groups in total. The van der Waals surface area contributed by atoms with Crippen LogP contribution in [0.1, 0.15) is 35.3 Å². The molecule has 0 unspecified atom stereocenters. The number of nitrogens with zero attached hydrogens (tertiary/aromatic N) is 1. The number of hydrogen-bond acceptors (Lipinski definition) is 4. The maximum Gasteiger partial charge on any atom is 0.343 e. The van der Waals surface area contributed by atoms with Crippen molar-refractivity contribution in [3.05, 3.63) is 75.6 Å². The summed E-state index contributed by atoms with van der Waals surface area (Å²) in [5, 5.41) is 0.886. The molecule has 4 nitrogen and oxygen atoms in total. The van der Waals surface area contributed by atoms with E-state index in [1.807, 2.05) is 42.5 Å². The van der Waals surface area contributed by atoms with E-state index in [1.54, 1.807) is 18.2 Å². The maximum atomic E-state index is 12.3. The quantitative estimate of drug-likeness (QED) is 0.482. The molecule has 0 amide bonds. The third-order valence-corrected chi connectivity index (χ3v) is 4.40. The largest absolute Gasteiger partial charge is 0.422 e. The summed E-state index contributed by atoms with van der Waals surface area (Å²) in [5.74, 6) is 0. The van der Waals surface area contributed by atoms with Crippen LogP contribution in [0.15, 0.2) is 57.7 Å². The zero-order chi connectivity index (χ0) is 18.5. The number of aldehydes is 1. The lowest BCUT2D eigenvalue weighted by atomic mass is 10.1. The molecule has 1 aromatic heterocycles. The Balaban J connectivity index is 1.93. The van der Waals surface area contributed by atoms with Crippen LogP contribution in [-0.2, 0) is 0 Å². The second kappa shape index (κ2) is 7.83. The molecule has 3 aromatic rings. The highest BCUT2D eigenvalue weighted by Gasteiger charge is 2.07. The number of hydrogen-bond donors (Lipinski definition) is 0. The molecule has 26 heavy (non-hydrogen) atoms. The van der Waals surface area contributed by atoms with Crippen molar-refractivity contribution in [3.8, 4) is 0 Å². The van der Waals surface area contributed by atoms with Gasteiger partial charge in [-0.1, -0.05) is 30.3 Å².